The first-order valence-corrected chi connectivity index (χ1v) is 6.02. The van der Waals surface area contributed by atoms with Crippen molar-refractivity contribution < 1.29 is 5.11 Å². The van der Waals surface area contributed by atoms with Gasteiger partial charge in [0.05, 0.1) is 11.9 Å². The second kappa shape index (κ2) is 6.02. The Bertz CT molecular complexity index is 433. The number of halogens is 1. The molecular formula is C11H18ClN3O2. The van der Waals surface area contributed by atoms with Gasteiger partial charge in [-0.25, -0.2) is 4.68 Å². The molecule has 2 atom stereocenters. The molecule has 1 heterocycles. The molecule has 0 amide bonds. The average molecular weight is 260 g/mol. The fraction of sp³-hybridized carbons (Fsp3) is 0.636. The van der Waals surface area contributed by atoms with Gasteiger partial charge >= 0.3 is 0 Å². The van der Waals surface area contributed by atoms with E-state index in [4.69, 9.17) is 16.7 Å². The van der Waals surface area contributed by atoms with Gasteiger partial charge in [0.25, 0.3) is 5.56 Å². The standard InChI is InChI=1S/C11H18ClN3O2/c1-4-15-11(17)10(12)9(5-13-15)14-8(3)7(2)6-16/h5,7-8,14,16H,4,6H2,1-3H3. The predicted molar refractivity (Wildman–Crippen MR) is 68.5 cm³/mol. The van der Waals surface area contributed by atoms with Gasteiger partial charge in [-0.05, 0) is 19.8 Å². The van der Waals surface area contributed by atoms with E-state index in [2.05, 4.69) is 10.4 Å². The van der Waals surface area contributed by atoms with Gasteiger partial charge in [-0.3, -0.25) is 4.79 Å². The summed E-state index contributed by atoms with van der Waals surface area (Å²) in [6, 6.07) is 0.0103. The highest BCUT2D eigenvalue weighted by molar-refractivity contribution is 6.32. The lowest BCUT2D eigenvalue weighted by Crippen LogP contribution is -2.29. The highest BCUT2D eigenvalue weighted by atomic mass is 35.5. The molecule has 1 rings (SSSR count). The molecule has 17 heavy (non-hydrogen) atoms. The van der Waals surface area contributed by atoms with Crippen molar-refractivity contribution in [3.63, 3.8) is 0 Å². The summed E-state index contributed by atoms with van der Waals surface area (Å²) in [4.78, 5) is 11.7. The van der Waals surface area contributed by atoms with E-state index in [-0.39, 0.29) is 29.1 Å². The number of aryl methyl sites for hydroxylation is 1. The van der Waals surface area contributed by atoms with Crippen LogP contribution in [0.2, 0.25) is 5.02 Å². The molecule has 1 aromatic rings. The molecule has 0 saturated carbocycles. The van der Waals surface area contributed by atoms with Crippen LogP contribution in [0.4, 0.5) is 5.69 Å². The van der Waals surface area contributed by atoms with Crippen LogP contribution in [0.3, 0.4) is 0 Å². The topological polar surface area (TPSA) is 67.2 Å². The van der Waals surface area contributed by atoms with Gasteiger partial charge in [0.2, 0.25) is 0 Å². The molecule has 96 valence electrons. The van der Waals surface area contributed by atoms with Crippen molar-refractivity contribution in [3.8, 4) is 0 Å². The lowest BCUT2D eigenvalue weighted by Gasteiger charge is -2.20. The zero-order valence-corrected chi connectivity index (χ0v) is 11.0. The van der Waals surface area contributed by atoms with E-state index in [1.807, 2.05) is 20.8 Å². The van der Waals surface area contributed by atoms with Crippen molar-refractivity contribution in [1.82, 2.24) is 9.78 Å². The van der Waals surface area contributed by atoms with Crippen LogP contribution in [-0.4, -0.2) is 27.5 Å². The molecule has 2 unspecified atom stereocenters. The Labute approximate surface area is 105 Å². The maximum atomic E-state index is 11.7. The minimum absolute atomic E-state index is 0.0103. The van der Waals surface area contributed by atoms with Crippen molar-refractivity contribution in [2.45, 2.75) is 33.4 Å². The number of anilines is 1. The smallest absolute Gasteiger partial charge is 0.287 e. The monoisotopic (exact) mass is 259 g/mol. The summed E-state index contributed by atoms with van der Waals surface area (Å²) < 4.78 is 1.30. The Balaban J connectivity index is 2.94. The highest BCUT2D eigenvalue weighted by Crippen LogP contribution is 2.18. The van der Waals surface area contributed by atoms with E-state index in [0.29, 0.717) is 12.2 Å². The Kier molecular flexibility index (Phi) is 4.96. The molecule has 0 spiro atoms. The molecule has 0 fully saturated rings. The van der Waals surface area contributed by atoms with Crippen molar-refractivity contribution in [2.75, 3.05) is 11.9 Å². The SMILES string of the molecule is CCn1ncc(NC(C)C(C)CO)c(Cl)c1=O. The Morgan fingerprint density at radius 1 is 1.59 bits per heavy atom. The van der Waals surface area contributed by atoms with E-state index in [9.17, 15) is 4.79 Å². The Morgan fingerprint density at radius 2 is 2.24 bits per heavy atom. The van der Waals surface area contributed by atoms with E-state index in [0.717, 1.165) is 0 Å². The van der Waals surface area contributed by atoms with Gasteiger partial charge < -0.3 is 10.4 Å². The molecule has 0 aliphatic heterocycles. The van der Waals surface area contributed by atoms with E-state index in [1.165, 1.54) is 10.9 Å². The lowest BCUT2D eigenvalue weighted by atomic mass is 10.1. The van der Waals surface area contributed by atoms with Crippen LogP contribution in [0.15, 0.2) is 11.0 Å². The van der Waals surface area contributed by atoms with E-state index in [1.54, 1.807) is 0 Å². The van der Waals surface area contributed by atoms with Gasteiger partial charge in [0.1, 0.15) is 5.02 Å². The number of nitrogens with zero attached hydrogens (tertiary/aromatic N) is 2. The van der Waals surface area contributed by atoms with Gasteiger partial charge in [-0.15, -0.1) is 0 Å². The quantitative estimate of drug-likeness (QED) is 0.838. The summed E-state index contributed by atoms with van der Waals surface area (Å²) in [5.41, 5.74) is 0.206. The summed E-state index contributed by atoms with van der Waals surface area (Å²) >= 11 is 5.97. The molecule has 0 saturated heterocycles. The third-order valence-corrected chi connectivity index (χ3v) is 3.17. The van der Waals surface area contributed by atoms with Crippen molar-refractivity contribution in [1.29, 1.82) is 0 Å². The van der Waals surface area contributed by atoms with Gasteiger partial charge in [0.15, 0.2) is 0 Å². The molecule has 5 nitrogen and oxygen atoms in total. The minimum atomic E-state index is -0.303. The average Bonchev–Trinajstić information content (AvgIpc) is 2.34. The Morgan fingerprint density at radius 3 is 2.76 bits per heavy atom. The summed E-state index contributed by atoms with van der Waals surface area (Å²) in [7, 11) is 0. The van der Waals surface area contributed by atoms with Crippen LogP contribution < -0.4 is 10.9 Å². The number of hydrogen-bond acceptors (Lipinski definition) is 4. The summed E-state index contributed by atoms with van der Waals surface area (Å²) in [6.45, 7) is 6.22. The molecule has 0 aliphatic rings. The minimum Gasteiger partial charge on any atom is -0.396 e. The van der Waals surface area contributed by atoms with Gasteiger partial charge in [0, 0.05) is 19.2 Å². The Hall–Kier alpha value is -1.07. The van der Waals surface area contributed by atoms with Crippen LogP contribution in [0.5, 0.6) is 0 Å². The van der Waals surface area contributed by atoms with Crippen LogP contribution in [-0.2, 0) is 6.54 Å². The van der Waals surface area contributed by atoms with Crippen LogP contribution in [0, 0.1) is 5.92 Å². The third-order valence-electron chi connectivity index (χ3n) is 2.81. The lowest BCUT2D eigenvalue weighted by molar-refractivity contribution is 0.226. The first-order valence-electron chi connectivity index (χ1n) is 5.64. The maximum absolute atomic E-state index is 11.7. The van der Waals surface area contributed by atoms with Crippen LogP contribution >= 0.6 is 11.6 Å². The number of aliphatic hydroxyl groups excluding tert-OH is 1. The van der Waals surface area contributed by atoms with Crippen molar-refractivity contribution in [3.05, 3.63) is 21.6 Å². The third kappa shape index (κ3) is 3.20. The first-order chi connectivity index (χ1) is 8.01. The van der Waals surface area contributed by atoms with Crippen LogP contribution in [0.25, 0.3) is 0 Å². The second-order valence-corrected chi connectivity index (χ2v) is 4.46. The molecule has 1 aromatic heterocycles. The largest absolute Gasteiger partial charge is 0.396 e. The first kappa shape index (κ1) is 14.0. The second-order valence-electron chi connectivity index (χ2n) is 4.09. The van der Waals surface area contributed by atoms with Gasteiger partial charge in [-0.1, -0.05) is 18.5 Å². The summed E-state index contributed by atoms with van der Waals surface area (Å²) in [6.07, 6.45) is 1.54. The fourth-order valence-corrected chi connectivity index (χ4v) is 1.54. The molecule has 0 aromatic carbocycles. The predicted octanol–water partition coefficient (Wildman–Crippen LogP) is 1.35. The highest BCUT2D eigenvalue weighted by Gasteiger charge is 2.14. The molecule has 0 aliphatic carbocycles. The molecule has 6 heteroatoms. The normalized spacial score (nSPS) is 14.4. The summed E-state index contributed by atoms with van der Waals surface area (Å²) in [5.74, 6) is 0.0691. The van der Waals surface area contributed by atoms with Gasteiger partial charge in [-0.2, -0.15) is 5.10 Å². The molecule has 0 radical (unpaired) electrons. The molecule has 2 N–H and O–H groups in total. The number of aromatic nitrogens is 2. The zero-order chi connectivity index (χ0) is 13.0. The fourth-order valence-electron chi connectivity index (χ4n) is 1.34. The molecule has 0 bridgehead atoms. The number of nitrogens with one attached hydrogen (secondary N) is 1. The molecular weight excluding hydrogens is 242 g/mol. The van der Waals surface area contributed by atoms with Crippen molar-refractivity contribution >= 4 is 17.3 Å². The zero-order valence-electron chi connectivity index (χ0n) is 10.3. The number of aliphatic hydroxyl groups is 1. The van der Waals surface area contributed by atoms with Crippen LogP contribution in [0.1, 0.15) is 20.8 Å². The van der Waals surface area contributed by atoms with Crippen molar-refractivity contribution in [2.24, 2.45) is 5.92 Å². The van der Waals surface area contributed by atoms with E-state index >= 15 is 0 Å². The maximum Gasteiger partial charge on any atom is 0.287 e. The summed E-state index contributed by atoms with van der Waals surface area (Å²) in [5, 5.41) is 16.2. The number of rotatable bonds is 5. The van der Waals surface area contributed by atoms with E-state index < -0.39 is 0 Å². The number of hydrogen-bond donors (Lipinski definition) is 2.